The Morgan fingerprint density at radius 2 is 1.74 bits per heavy atom. The number of rotatable bonds is 5. The largest absolute Gasteiger partial charge is 0.339 e. The van der Waals surface area contributed by atoms with E-state index in [2.05, 4.69) is 0 Å². The van der Waals surface area contributed by atoms with Crippen LogP contribution in [-0.4, -0.2) is 23.9 Å². The van der Waals surface area contributed by atoms with E-state index in [9.17, 15) is 18.0 Å². The van der Waals surface area contributed by atoms with Crippen molar-refractivity contribution in [2.24, 2.45) is 5.92 Å². The molecule has 2 nitrogen and oxygen atoms in total. The third-order valence-corrected chi connectivity index (χ3v) is 3.13. The Hall–Kier alpha value is -1.52. The van der Waals surface area contributed by atoms with Gasteiger partial charge in [-0.3, -0.25) is 4.79 Å². The van der Waals surface area contributed by atoms with E-state index in [-0.39, 0.29) is 5.56 Å². The molecule has 1 rings (SSSR count). The topological polar surface area (TPSA) is 20.3 Å². The first kappa shape index (κ1) is 15.5. The summed E-state index contributed by atoms with van der Waals surface area (Å²) in [6.45, 7) is 6.72. The molecule has 0 spiro atoms. The lowest BCUT2D eigenvalue weighted by Gasteiger charge is -2.24. The first-order valence-electron chi connectivity index (χ1n) is 6.34. The van der Waals surface area contributed by atoms with Crippen molar-refractivity contribution in [2.75, 3.05) is 13.1 Å². The maximum atomic E-state index is 13.1. The van der Waals surface area contributed by atoms with Crippen LogP contribution in [0.15, 0.2) is 12.1 Å². The van der Waals surface area contributed by atoms with Gasteiger partial charge >= 0.3 is 0 Å². The second kappa shape index (κ2) is 6.59. The Labute approximate surface area is 111 Å². The van der Waals surface area contributed by atoms with Crippen LogP contribution in [0.25, 0.3) is 0 Å². The fourth-order valence-corrected chi connectivity index (χ4v) is 1.72. The number of nitrogens with zero attached hydrogens (tertiary/aromatic N) is 1. The molecule has 1 aromatic carbocycles. The number of amides is 1. The van der Waals surface area contributed by atoms with Gasteiger partial charge in [0.2, 0.25) is 0 Å². The van der Waals surface area contributed by atoms with Gasteiger partial charge < -0.3 is 4.90 Å². The fourth-order valence-electron chi connectivity index (χ4n) is 1.72. The molecule has 0 saturated carbocycles. The van der Waals surface area contributed by atoms with Crippen LogP contribution in [0.2, 0.25) is 0 Å². The van der Waals surface area contributed by atoms with Gasteiger partial charge in [0.25, 0.3) is 5.91 Å². The Bertz CT molecular complexity index is 439. The molecule has 0 bridgehead atoms. The van der Waals surface area contributed by atoms with Crippen molar-refractivity contribution >= 4 is 5.91 Å². The Kier molecular flexibility index (Phi) is 5.39. The van der Waals surface area contributed by atoms with Crippen LogP contribution in [0.5, 0.6) is 0 Å². The average molecular weight is 273 g/mol. The molecule has 19 heavy (non-hydrogen) atoms. The number of halogens is 3. The van der Waals surface area contributed by atoms with E-state index >= 15 is 0 Å². The van der Waals surface area contributed by atoms with Crippen LogP contribution in [0.4, 0.5) is 13.2 Å². The quantitative estimate of drug-likeness (QED) is 0.750. The summed E-state index contributed by atoms with van der Waals surface area (Å²) < 4.78 is 39.1. The first-order chi connectivity index (χ1) is 8.90. The van der Waals surface area contributed by atoms with Gasteiger partial charge in [-0.1, -0.05) is 20.3 Å². The van der Waals surface area contributed by atoms with E-state index in [1.165, 1.54) is 4.90 Å². The van der Waals surface area contributed by atoms with E-state index in [0.717, 1.165) is 18.6 Å². The van der Waals surface area contributed by atoms with Crippen LogP contribution in [0.3, 0.4) is 0 Å². The molecule has 0 aliphatic carbocycles. The van der Waals surface area contributed by atoms with Gasteiger partial charge in [-0.2, -0.15) is 0 Å². The molecule has 5 heteroatoms. The predicted molar refractivity (Wildman–Crippen MR) is 67.3 cm³/mol. The molecule has 0 aliphatic heterocycles. The van der Waals surface area contributed by atoms with Gasteiger partial charge in [0.1, 0.15) is 0 Å². The molecule has 0 saturated heterocycles. The monoisotopic (exact) mass is 273 g/mol. The van der Waals surface area contributed by atoms with Crippen LogP contribution in [0.1, 0.15) is 37.6 Å². The van der Waals surface area contributed by atoms with Gasteiger partial charge in [0, 0.05) is 18.7 Å². The minimum absolute atomic E-state index is 0.165. The number of hydrogen-bond acceptors (Lipinski definition) is 1. The molecule has 1 amide bonds. The van der Waals surface area contributed by atoms with E-state index in [1.54, 1.807) is 6.92 Å². The van der Waals surface area contributed by atoms with Crippen molar-refractivity contribution in [3.63, 3.8) is 0 Å². The lowest BCUT2D eigenvalue weighted by atomic mass is 10.1. The zero-order chi connectivity index (χ0) is 14.6. The van der Waals surface area contributed by atoms with Gasteiger partial charge in [-0.15, -0.1) is 0 Å². The predicted octanol–water partition coefficient (Wildman–Crippen LogP) is 3.61. The summed E-state index contributed by atoms with van der Waals surface area (Å²) in [5.74, 6) is -4.44. The van der Waals surface area contributed by atoms with Crippen molar-refractivity contribution in [3.8, 4) is 0 Å². The Morgan fingerprint density at radius 1 is 1.21 bits per heavy atom. The summed E-state index contributed by atoms with van der Waals surface area (Å²) >= 11 is 0. The average Bonchev–Trinajstić information content (AvgIpc) is 2.40. The minimum Gasteiger partial charge on any atom is -0.339 e. The van der Waals surface area contributed by atoms with Crippen molar-refractivity contribution < 1.29 is 18.0 Å². The SMILES string of the molecule is CCC(C)CN(CC)C(=O)c1cc(F)c(F)c(F)c1. The summed E-state index contributed by atoms with van der Waals surface area (Å²) in [7, 11) is 0. The molecule has 0 aromatic heterocycles. The van der Waals surface area contributed by atoms with Crippen molar-refractivity contribution in [3.05, 3.63) is 35.1 Å². The highest BCUT2D eigenvalue weighted by Crippen LogP contribution is 2.16. The molecular formula is C14H18F3NO. The smallest absolute Gasteiger partial charge is 0.254 e. The zero-order valence-corrected chi connectivity index (χ0v) is 11.3. The normalized spacial score (nSPS) is 12.3. The van der Waals surface area contributed by atoms with Crippen LogP contribution >= 0.6 is 0 Å². The van der Waals surface area contributed by atoms with Crippen LogP contribution < -0.4 is 0 Å². The van der Waals surface area contributed by atoms with Crippen molar-refractivity contribution in [2.45, 2.75) is 27.2 Å². The molecule has 0 radical (unpaired) electrons. The van der Waals surface area contributed by atoms with Crippen molar-refractivity contribution in [1.29, 1.82) is 0 Å². The van der Waals surface area contributed by atoms with Gasteiger partial charge in [0.15, 0.2) is 17.5 Å². The van der Waals surface area contributed by atoms with Gasteiger partial charge in [-0.05, 0) is 25.0 Å². The molecule has 1 unspecified atom stereocenters. The maximum absolute atomic E-state index is 13.1. The number of carbonyl (C=O) groups is 1. The highest BCUT2D eigenvalue weighted by Gasteiger charge is 2.20. The van der Waals surface area contributed by atoms with E-state index in [0.29, 0.717) is 19.0 Å². The van der Waals surface area contributed by atoms with E-state index < -0.39 is 23.4 Å². The summed E-state index contributed by atoms with van der Waals surface area (Å²) in [5, 5.41) is 0. The molecule has 1 aromatic rings. The lowest BCUT2D eigenvalue weighted by molar-refractivity contribution is 0.0739. The Morgan fingerprint density at radius 3 is 2.16 bits per heavy atom. The third kappa shape index (κ3) is 3.72. The zero-order valence-electron chi connectivity index (χ0n) is 11.3. The lowest BCUT2D eigenvalue weighted by Crippen LogP contribution is -2.34. The molecular weight excluding hydrogens is 255 g/mol. The van der Waals surface area contributed by atoms with E-state index in [4.69, 9.17) is 0 Å². The van der Waals surface area contributed by atoms with Crippen molar-refractivity contribution in [1.82, 2.24) is 4.90 Å². The van der Waals surface area contributed by atoms with Gasteiger partial charge in [-0.25, -0.2) is 13.2 Å². The summed E-state index contributed by atoms with van der Waals surface area (Å²) in [4.78, 5) is 13.6. The molecule has 106 valence electrons. The number of carbonyl (C=O) groups excluding carboxylic acids is 1. The first-order valence-corrected chi connectivity index (χ1v) is 6.34. The van der Waals surface area contributed by atoms with Crippen LogP contribution in [-0.2, 0) is 0 Å². The standard InChI is InChI=1S/C14H18F3NO/c1-4-9(3)8-18(5-2)14(19)10-6-11(15)13(17)12(16)7-10/h6-7,9H,4-5,8H2,1-3H3. The van der Waals surface area contributed by atoms with Gasteiger partial charge in [0.05, 0.1) is 0 Å². The van der Waals surface area contributed by atoms with Crippen LogP contribution in [0, 0.1) is 23.4 Å². The minimum atomic E-state index is -1.55. The number of hydrogen-bond donors (Lipinski definition) is 0. The maximum Gasteiger partial charge on any atom is 0.254 e. The van der Waals surface area contributed by atoms with E-state index in [1.807, 2.05) is 13.8 Å². The summed E-state index contributed by atoms with van der Waals surface area (Å²) in [5.41, 5.74) is -0.165. The fraction of sp³-hybridized carbons (Fsp3) is 0.500. The summed E-state index contributed by atoms with van der Waals surface area (Å²) in [6.07, 6.45) is 0.899. The second-order valence-electron chi connectivity index (χ2n) is 4.61. The number of benzene rings is 1. The Balaban J connectivity index is 2.98. The molecule has 0 N–H and O–H groups in total. The second-order valence-corrected chi connectivity index (χ2v) is 4.61. The molecule has 0 aliphatic rings. The molecule has 0 fully saturated rings. The highest BCUT2D eigenvalue weighted by molar-refractivity contribution is 5.94. The third-order valence-electron chi connectivity index (χ3n) is 3.13. The summed E-state index contributed by atoms with van der Waals surface area (Å²) in [6, 6.07) is 1.47. The molecule has 0 heterocycles. The highest BCUT2D eigenvalue weighted by atomic mass is 19.2. The molecule has 1 atom stereocenters.